The molecule has 1 aromatic carbocycles. The van der Waals surface area contributed by atoms with Crippen LogP contribution in [0.2, 0.25) is 0 Å². The number of aliphatic imine (C=N–C) groups is 1. The second-order valence-electron chi connectivity index (χ2n) is 6.33. The normalized spacial score (nSPS) is 20.2. The highest BCUT2D eigenvalue weighted by molar-refractivity contribution is 14.0. The summed E-state index contributed by atoms with van der Waals surface area (Å²) >= 11 is 0. The van der Waals surface area contributed by atoms with Crippen LogP contribution < -0.4 is 10.6 Å². The van der Waals surface area contributed by atoms with Gasteiger partial charge in [0.25, 0.3) is 0 Å². The van der Waals surface area contributed by atoms with Gasteiger partial charge in [0.1, 0.15) is 0 Å². The molecular formula is C17H28IN3O2S. The van der Waals surface area contributed by atoms with Crippen molar-refractivity contribution in [2.24, 2.45) is 10.9 Å². The molecule has 7 heteroatoms. The van der Waals surface area contributed by atoms with E-state index in [1.807, 2.05) is 19.1 Å². The molecule has 5 nitrogen and oxygen atoms in total. The van der Waals surface area contributed by atoms with Gasteiger partial charge >= 0.3 is 0 Å². The van der Waals surface area contributed by atoms with Crippen LogP contribution in [0.1, 0.15) is 37.3 Å². The number of halogens is 1. The maximum absolute atomic E-state index is 11.6. The van der Waals surface area contributed by atoms with Gasteiger partial charge in [-0.25, -0.2) is 8.42 Å². The van der Waals surface area contributed by atoms with Crippen molar-refractivity contribution in [1.82, 2.24) is 10.6 Å². The molecule has 2 atom stereocenters. The number of rotatable bonds is 6. The summed E-state index contributed by atoms with van der Waals surface area (Å²) in [4.78, 5) is 4.65. The summed E-state index contributed by atoms with van der Waals surface area (Å²) in [5.41, 5.74) is 1.82. The topological polar surface area (TPSA) is 70.6 Å². The third-order valence-electron chi connectivity index (χ3n) is 4.23. The molecule has 1 saturated carbocycles. The highest BCUT2D eigenvalue weighted by atomic mass is 127. The SMILES string of the molecule is CCCC1CC1NC(=NC)NCc1ccc(S(C)(=O)=O)c(C)c1.I. The predicted octanol–water partition coefficient (Wildman–Crippen LogP) is 2.87. The molecule has 0 amide bonds. The standard InChI is InChI=1S/C17H27N3O2S.HI/c1-5-6-14-10-15(14)20-17(18-3)19-11-13-7-8-16(12(2)9-13)23(4,21)22;/h7-9,14-15H,5-6,10-11H2,1-4H3,(H2,18,19,20);1H. The zero-order valence-corrected chi connectivity index (χ0v) is 17.9. The van der Waals surface area contributed by atoms with E-state index in [4.69, 9.17) is 0 Å². The highest BCUT2D eigenvalue weighted by Crippen LogP contribution is 2.34. The summed E-state index contributed by atoms with van der Waals surface area (Å²) in [7, 11) is -1.39. The molecule has 24 heavy (non-hydrogen) atoms. The smallest absolute Gasteiger partial charge is 0.191 e. The molecule has 0 bridgehead atoms. The minimum Gasteiger partial charge on any atom is -0.353 e. The molecule has 0 aromatic heterocycles. The third kappa shape index (κ3) is 5.91. The number of hydrogen-bond donors (Lipinski definition) is 2. The Hall–Kier alpha value is -0.830. The summed E-state index contributed by atoms with van der Waals surface area (Å²) in [6.07, 6.45) is 4.94. The van der Waals surface area contributed by atoms with E-state index in [2.05, 4.69) is 22.5 Å². The Balaban J connectivity index is 0.00000288. The van der Waals surface area contributed by atoms with Crippen molar-refractivity contribution in [3.8, 4) is 0 Å². The minimum atomic E-state index is -3.16. The summed E-state index contributed by atoms with van der Waals surface area (Å²) in [5, 5.41) is 6.73. The van der Waals surface area contributed by atoms with E-state index in [0.717, 1.165) is 23.0 Å². The molecule has 2 rings (SSSR count). The van der Waals surface area contributed by atoms with Crippen molar-refractivity contribution < 1.29 is 8.42 Å². The first-order valence-electron chi connectivity index (χ1n) is 8.12. The molecule has 0 heterocycles. The van der Waals surface area contributed by atoms with Gasteiger partial charge < -0.3 is 10.6 Å². The lowest BCUT2D eigenvalue weighted by atomic mass is 10.1. The van der Waals surface area contributed by atoms with Crippen molar-refractivity contribution in [2.75, 3.05) is 13.3 Å². The van der Waals surface area contributed by atoms with Crippen molar-refractivity contribution in [3.05, 3.63) is 29.3 Å². The van der Waals surface area contributed by atoms with Crippen LogP contribution >= 0.6 is 24.0 Å². The predicted molar refractivity (Wildman–Crippen MR) is 110 cm³/mol. The molecule has 0 aliphatic heterocycles. The van der Waals surface area contributed by atoms with E-state index < -0.39 is 9.84 Å². The second kappa shape index (κ2) is 9.03. The van der Waals surface area contributed by atoms with Gasteiger partial charge in [-0.05, 0) is 42.9 Å². The third-order valence-corrected chi connectivity index (χ3v) is 5.48. The van der Waals surface area contributed by atoms with E-state index in [0.29, 0.717) is 17.5 Å². The maximum Gasteiger partial charge on any atom is 0.191 e. The van der Waals surface area contributed by atoms with Gasteiger partial charge in [0.05, 0.1) is 4.90 Å². The Morgan fingerprint density at radius 2 is 2.08 bits per heavy atom. The second-order valence-corrected chi connectivity index (χ2v) is 8.32. The molecule has 0 radical (unpaired) electrons. The molecule has 1 aliphatic carbocycles. The fraction of sp³-hybridized carbons (Fsp3) is 0.588. The Kier molecular flexibility index (Phi) is 7.98. The van der Waals surface area contributed by atoms with Crippen LogP contribution in [0.15, 0.2) is 28.1 Å². The number of hydrogen-bond acceptors (Lipinski definition) is 3. The molecule has 0 spiro atoms. The first-order chi connectivity index (χ1) is 10.8. The zero-order chi connectivity index (χ0) is 17.0. The van der Waals surface area contributed by atoms with E-state index in [1.165, 1.54) is 25.5 Å². The lowest BCUT2D eigenvalue weighted by Gasteiger charge is -2.13. The number of sulfone groups is 1. The number of nitrogens with zero attached hydrogens (tertiary/aromatic N) is 1. The minimum absolute atomic E-state index is 0. The first kappa shape index (κ1) is 21.2. The van der Waals surface area contributed by atoms with E-state index >= 15 is 0 Å². The Labute approximate surface area is 162 Å². The van der Waals surface area contributed by atoms with Gasteiger partial charge in [-0.3, -0.25) is 4.99 Å². The van der Waals surface area contributed by atoms with Gasteiger partial charge in [-0.15, -0.1) is 24.0 Å². The van der Waals surface area contributed by atoms with Crippen molar-refractivity contribution in [2.45, 2.75) is 50.6 Å². The monoisotopic (exact) mass is 465 g/mol. The van der Waals surface area contributed by atoms with Crippen molar-refractivity contribution in [1.29, 1.82) is 0 Å². The lowest BCUT2D eigenvalue weighted by Crippen LogP contribution is -2.38. The molecular weight excluding hydrogens is 437 g/mol. The van der Waals surface area contributed by atoms with Crippen molar-refractivity contribution in [3.63, 3.8) is 0 Å². The molecule has 2 unspecified atom stereocenters. The Morgan fingerprint density at radius 1 is 1.38 bits per heavy atom. The molecule has 136 valence electrons. The van der Waals surface area contributed by atoms with Gasteiger partial charge in [0, 0.05) is 25.9 Å². The molecule has 2 N–H and O–H groups in total. The molecule has 1 aliphatic rings. The maximum atomic E-state index is 11.6. The summed E-state index contributed by atoms with van der Waals surface area (Å²) < 4.78 is 23.3. The molecule has 0 saturated heterocycles. The fourth-order valence-corrected chi connectivity index (χ4v) is 3.87. The number of aryl methyl sites for hydroxylation is 1. The van der Waals surface area contributed by atoms with Gasteiger partial charge in [-0.1, -0.05) is 25.5 Å². The van der Waals surface area contributed by atoms with Crippen LogP contribution in [0.5, 0.6) is 0 Å². The quantitative estimate of drug-likeness (QED) is 0.385. The van der Waals surface area contributed by atoms with E-state index in [-0.39, 0.29) is 24.0 Å². The molecule has 1 aromatic rings. The highest BCUT2D eigenvalue weighted by Gasteiger charge is 2.36. The molecule has 1 fully saturated rings. The summed E-state index contributed by atoms with van der Waals surface area (Å²) in [5.74, 6) is 1.58. The van der Waals surface area contributed by atoms with Crippen LogP contribution in [-0.4, -0.2) is 33.7 Å². The number of benzene rings is 1. The van der Waals surface area contributed by atoms with Crippen molar-refractivity contribution >= 4 is 39.8 Å². The van der Waals surface area contributed by atoms with Crippen LogP contribution in [0, 0.1) is 12.8 Å². The average Bonchev–Trinajstić information content (AvgIpc) is 3.20. The number of guanidine groups is 1. The Bertz CT molecular complexity index is 689. The van der Waals surface area contributed by atoms with Crippen LogP contribution in [0.4, 0.5) is 0 Å². The largest absolute Gasteiger partial charge is 0.353 e. The van der Waals surface area contributed by atoms with Crippen LogP contribution in [0.25, 0.3) is 0 Å². The summed E-state index contributed by atoms with van der Waals surface area (Å²) in [6.45, 7) is 4.66. The van der Waals surface area contributed by atoms with E-state index in [1.54, 1.807) is 13.1 Å². The first-order valence-corrected chi connectivity index (χ1v) is 10.0. The average molecular weight is 465 g/mol. The van der Waals surface area contributed by atoms with Gasteiger partial charge in [0.15, 0.2) is 15.8 Å². The Morgan fingerprint density at radius 3 is 2.62 bits per heavy atom. The van der Waals surface area contributed by atoms with Gasteiger partial charge in [-0.2, -0.15) is 0 Å². The van der Waals surface area contributed by atoms with Gasteiger partial charge in [0.2, 0.25) is 0 Å². The summed E-state index contributed by atoms with van der Waals surface area (Å²) in [6, 6.07) is 5.97. The zero-order valence-electron chi connectivity index (χ0n) is 14.8. The number of nitrogens with one attached hydrogen (secondary N) is 2. The van der Waals surface area contributed by atoms with Crippen LogP contribution in [0.3, 0.4) is 0 Å². The van der Waals surface area contributed by atoms with Crippen LogP contribution in [-0.2, 0) is 16.4 Å². The van der Waals surface area contributed by atoms with E-state index in [9.17, 15) is 8.42 Å². The lowest BCUT2D eigenvalue weighted by molar-refractivity contribution is 0.601. The fourth-order valence-electron chi connectivity index (χ4n) is 2.91.